The normalized spacial score (nSPS) is 22.8. The van der Waals surface area contributed by atoms with E-state index in [0.29, 0.717) is 0 Å². The highest BCUT2D eigenvalue weighted by molar-refractivity contribution is 4.96. The molecule has 0 unspecified atom stereocenters. The number of likely N-dealkylation sites (tertiary alicyclic amines) is 1. The molecular formula is C11H21NO. The third kappa shape index (κ3) is 3.92. The van der Waals surface area contributed by atoms with Crippen LogP contribution in [0.15, 0.2) is 11.6 Å². The molecule has 2 heteroatoms. The maximum Gasteiger partial charge on any atom is 0.0644 e. The average molecular weight is 183 g/mol. The van der Waals surface area contributed by atoms with Crippen molar-refractivity contribution in [3.8, 4) is 0 Å². The summed E-state index contributed by atoms with van der Waals surface area (Å²) >= 11 is 0. The molecule has 0 bridgehead atoms. The lowest BCUT2D eigenvalue weighted by Gasteiger charge is -2.35. The number of aliphatic hydroxyl groups is 1. The van der Waals surface area contributed by atoms with Crippen molar-refractivity contribution in [3.63, 3.8) is 0 Å². The summed E-state index contributed by atoms with van der Waals surface area (Å²) in [5, 5.41) is 9.73. The van der Waals surface area contributed by atoms with Gasteiger partial charge in [-0.1, -0.05) is 11.6 Å². The van der Waals surface area contributed by atoms with Crippen LogP contribution in [0.1, 0.15) is 33.6 Å². The molecule has 76 valence electrons. The minimum absolute atomic E-state index is 0.415. The van der Waals surface area contributed by atoms with Crippen molar-refractivity contribution in [1.29, 1.82) is 0 Å². The van der Waals surface area contributed by atoms with E-state index in [9.17, 15) is 5.11 Å². The van der Waals surface area contributed by atoms with Gasteiger partial charge < -0.3 is 5.11 Å². The van der Waals surface area contributed by atoms with E-state index in [-0.39, 0.29) is 0 Å². The molecule has 0 atom stereocenters. The predicted molar refractivity (Wildman–Crippen MR) is 55.7 cm³/mol. The number of rotatable bonds is 2. The summed E-state index contributed by atoms with van der Waals surface area (Å²) in [4.78, 5) is 2.39. The van der Waals surface area contributed by atoms with Crippen LogP contribution < -0.4 is 0 Å². The first kappa shape index (κ1) is 10.7. The van der Waals surface area contributed by atoms with Gasteiger partial charge in [0, 0.05) is 19.6 Å². The molecule has 0 radical (unpaired) electrons. The Balaban J connectivity index is 2.30. The second kappa shape index (κ2) is 4.25. The maximum atomic E-state index is 9.73. The van der Waals surface area contributed by atoms with Gasteiger partial charge in [-0.25, -0.2) is 0 Å². The zero-order valence-electron chi connectivity index (χ0n) is 9.01. The van der Waals surface area contributed by atoms with Gasteiger partial charge in [0.05, 0.1) is 5.60 Å². The van der Waals surface area contributed by atoms with Gasteiger partial charge in [0.2, 0.25) is 0 Å². The fourth-order valence-electron chi connectivity index (χ4n) is 1.53. The van der Waals surface area contributed by atoms with Gasteiger partial charge >= 0.3 is 0 Å². The molecule has 1 aliphatic rings. The lowest BCUT2D eigenvalue weighted by atomic mass is 9.94. The highest BCUT2D eigenvalue weighted by Gasteiger charge is 2.26. The number of hydrogen-bond donors (Lipinski definition) is 1. The Morgan fingerprint density at radius 3 is 2.38 bits per heavy atom. The first-order valence-electron chi connectivity index (χ1n) is 5.08. The zero-order chi connectivity index (χ0) is 9.90. The van der Waals surface area contributed by atoms with Crippen molar-refractivity contribution in [3.05, 3.63) is 11.6 Å². The van der Waals surface area contributed by atoms with E-state index in [1.807, 2.05) is 6.92 Å². The van der Waals surface area contributed by atoms with Gasteiger partial charge in [-0.05, 0) is 33.6 Å². The molecule has 0 aromatic rings. The molecule has 13 heavy (non-hydrogen) atoms. The van der Waals surface area contributed by atoms with Gasteiger partial charge in [-0.15, -0.1) is 0 Å². The van der Waals surface area contributed by atoms with E-state index in [1.165, 1.54) is 5.57 Å². The molecule has 1 heterocycles. The SMILES string of the molecule is CC(C)=CCN1CCC(C)(O)CC1. The van der Waals surface area contributed by atoms with Crippen molar-refractivity contribution in [2.24, 2.45) is 0 Å². The number of hydrogen-bond acceptors (Lipinski definition) is 2. The number of nitrogens with zero attached hydrogens (tertiary/aromatic N) is 1. The molecule has 0 aromatic heterocycles. The summed E-state index contributed by atoms with van der Waals surface area (Å²) in [6.45, 7) is 9.28. The Hall–Kier alpha value is -0.340. The Morgan fingerprint density at radius 2 is 1.92 bits per heavy atom. The van der Waals surface area contributed by atoms with Crippen molar-refractivity contribution < 1.29 is 5.11 Å². The second-order valence-corrected chi connectivity index (χ2v) is 4.58. The summed E-state index contributed by atoms with van der Waals surface area (Å²) in [7, 11) is 0. The highest BCUT2D eigenvalue weighted by Crippen LogP contribution is 2.20. The summed E-state index contributed by atoms with van der Waals surface area (Å²) in [5.41, 5.74) is 0.957. The molecule has 1 fully saturated rings. The van der Waals surface area contributed by atoms with E-state index >= 15 is 0 Å². The van der Waals surface area contributed by atoms with Crippen molar-refractivity contribution in [2.75, 3.05) is 19.6 Å². The zero-order valence-corrected chi connectivity index (χ0v) is 9.01. The fraction of sp³-hybridized carbons (Fsp3) is 0.818. The smallest absolute Gasteiger partial charge is 0.0644 e. The fourth-order valence-corrected chi connectivity index (χ4v) is 1.53. The van der Waals surface area contributed by atoms with Crippen LogP contribution in [0.25, 0.3) is 0 Å². The van der Waals surface area contributed by atoms with Crippen LogP contribution in [0.4, 0.5) is 0 Å². The Bertz CT molecular complexity index is 182. The van der Waals surface area contributed by atoms with Crippen LogP contribution in [0.2, 0.25) is 0 Å². The van der Waals surface area contributed by atoms with Gasteiger partial charge in [-0.2, -0.15) is 0 Å². The monoisotopic (exact) mass is 183 g/mol. The van der Waals surface area contributed by atoms with Gasteiger partial charge in [0.1, 0.15) is 0 Å². The molecular weight excluding hydrogens is 162 g/mol. The van der Waals surface area contributed by atoms with Crippen LogP contribution in [-0.2, 0) is 0 Å². The summed E-state index contributed by atoms with van der Waals surface area (Å²) in [5.74, 6) is 0. The van der Waals surface area contributed by atoms with Gasteiger partial charge in [0.25, 0.3) is 0 Å². The molecule has 0 amide bonds. The molecule has 2 nitrogen and oxygen atoms in total. The van der Waals surface area contributed by atoms with Crippen molar-refractivity contribution in [1.82, 2.24) is 4.90 Å². The molecule has 0 aromatic carbocycles. The van der Waals surface area contributed by atoms with E-state index < -0.39 is 5.60 Å². The van der Waals surface area contributed by atoms with E-state index in [1.54, 1.807) is 0 Å². The average Bonchev–Trinajstić information content (AvgIpc) is 2.02. The van der Waals surface area contributed by atoms with Crippen molar-refractivity contribution in [2.45, 2.75) is 39.2 Å². The number of piperidine rings is 1. The largest absolute Gasteiger partial charge is 0.390 e. The topological polar surface area (TPSA) is 23.5 Å². The molecule has 1 rings (SSSR count). The van der Waals surface area contributed by atoms with E-state index in [0.717, 1.165) is 32.5 Å². The number of allylic oxidation sites excluding steroid dienone is 1. The van der Waals surface area contributed by atoms with Crippen LogP contribution >= 0.6 is 0 Å². The summed E-state index contributed by atoms with van der Waals surface area (Å²) in [6.07, 6.45) is 4.06. The Kier molecular flexibility index (Phi) is 3.51. The van der Waals surface area contributed by atoms with Crippen LogP contribution in [0.3, 0.4) is 0 Å². The summed E-state index contributed by atoms with van der Waals surface area (Å²) < 4.78 is 0. The molecule has 1 N–H and O–H groups in total. The van der Waals surface area contributed by atoms with E-state index in [2.05, 4.69) is 24.8 Å². The second-order valence-electron chi connectivity index (χ2n) is 4.58. The predicted octanol–water partition coefficient (Wildman–Crippen LogP) is 1.80. The summed E-state index contributed by atoms with van der Waals surface area (Å²) in [6, 6.07) is 0. The molecule has 1 saturated heterocycles. The third-order valence-electron chi connectivity index (χ3n) is 2.69. The first-order chi connectivity index (χ1) is 5.99. The van der Waals surface area contributed by atoms with E-state index in [4.69, 9.17) is 0 Å². The molecule has 0 spiro atoms. The first-order valence-corrected chi connectivity index (χ1v) is 5.08. The van der Waals surface area contributed by atoms with Crippen LogP contribution in [-0.4, -0.2) is 35.2 Å². The lowest BCUT2D eigenvalue weighted by molar-refractivity contribution is -0.00247. The van der Waals surface area contributed by atoms with Crippen LogP contribution in [0, 0.1) is 0 Å². The molecule has 0 aliphatic carbocycles. The molecule has 0 saturated carbocycles. The molecule has 1 aliphatic heterocycles. The minimum Gasteiger partial charge on any atom is -0.390 e. The maximum absolute atomic E-state index is 9.73. The highest BCUT2D eigenvalue weighted by atomic mass is 16.3. The minimum atomic E-state index is -0.415. The van der Waals surface area contributed by atoms with Gasteiger partial charge in [-0.3, -0.25) is 4.90 Å². The Morgan fingerprint density at radius 1 is 1.38 bits per heavy atom. The van der Waals surface area contributed by atoms with Gasteiger partial charge in [0.15, 0.2) is 0 Å². The van der Waals surface area contributed by atoms with Crippen LogP contribution in [0.5, 0.6) is 0 Å². The lowest BCUT2D eigenvalue weighted by Crippen LogP contribution is -2.42. The quantitative estimate of drug-likeness (QED) is 0.660. The standard InChI is InChI=1S/C11H21NO/c1-10(2)4-7-12-8-5-11(3,13)6-9-12/h4,13H,5-9H2,1-3H3. The third-order valence-corrected chi connectivity index (χ3v) is 2.69. The van der Waals surface area contributed by atoms with Crippen molar-refractivity contribution >= 4 is 0 Å². The Labute approximate surface area is 81.2 Å².